The minimum absolute atomic E-state index is 0.0232. The molecular weight excluding hydrogens is 491 g/mol. The normalized spacial score (nSPS) is 11.4. The fourth-order valence-corrected chi connectivity index (χ4v) is 4.23. The van der Waals surface area contributed by atoms with Crippen molar-refractivity contribution in [3.8, 4) is 17.1 Å². The summed E-state index contributed by atoms with van der Waals surface area (Å²) in [5.41, 5.74) is 2.95. The molecule has 4 rings (SSSR count). The number of ether oxygens (including phenoxy) is 1. The van der Waals surface area contributed by atoms with Gasteiger partial charge in [-0.1, -0.05) is 0 Å². The van der Waals surface area contributed by atoms with E-state index in [1.165, 1.54) is 49.7 Å². The molecule has 36 heavy (non-hydrogen) atoms. The number of furan rings is 1. The van der Waals surface area contributed by atoms with Crippen molar-refractivity contribution in [1.29, 1.82) is 0 Å². The Labute approximate surface area is 205 Å². The first-order chi connectivity index (χ1) is 17.2. The van der Waals surface area contributed by atoms with Gasteiger partial charge in [-0.3, -0.25) is 20.3 Å². The summed E-state index contributed by atoms with van der Waals surface area (Å²) in [6.45, 7) is 0. The summed E-state index contributed by atoms with van der Waals surface area (Å²) in [5, 5.41) is 15.5. The van der Waals surface area contributed by atoms with E-state index in [9.17, 15) is 22.9 Å². The van der Waals surface area contributed by atoms with E-state index in [0.29, 0.717) is 22.8 Å². The van der Waals surface area contributed by atoms with Gasteiger partial charge < -0.3 is 9.15 Å². The van der Waals surface area contributed by atoms with Crippen molar-refractivity contribution in [3.05, 3.63) is 101 Å². The molecule has 1 heterocycles. The first kappa shape index (κ1) is 24.4. The van der Waals surface area contributed by atoms with Gasteiger partial charge in [0.15, 0.2) is 0 Å². The maximum absolute atomic E-state index is 13.1. The number of methoxy groups -OCH3 is 1. The van der Waals surface area contributed by atoms with Crippen LogP contribution in [-0.4, -0.2) is 26.7 Å². The Morgan fingerprint density at radius 1 is 1.03 bits per heavy atom. The Bertz CT molecular complexity index is 1520. The zero-order valence-electron chi connectivity index (χ0n) is 18.7. The van der Waals surface area contributed by atoms with Crippen LogP contribution in [0.5, 0.6) is 5.75 Å². The topological polar surface area (TPSA) is 136 Å². The number of hydrogen-bond acceptors (Lipinski definition) is 8. The highest BCUT2D eigenvalue weighted by Crippen LogP contribution is 2.29. The van der Waals surface area contributed by atoms with Gasteiger partial charge in [-0.15, -0.1) is 0 Å². The van der Waals surface area contributed by atoms with E-state index >= 15 is 0 Å². The highest BCUT2D eigenvalue weighted by molar-refractivity contribution is 7.92. The van der Waals surface area contributed by atoms with Gasteiger partial charge in [0.1, 0.15) is 28.8 Å². The van der Waals surface area contributed by atoms with Crippen molar-refractivity contribution in [2.45, 2.75) is 4.90 Å². The van der Waals surface area contributed by atoms with E-state index in [2.05, 4.69) is 15.2 Å². The summed E-state index contributed by atoms with van der Waals surface area (Å²) < 4.78 is 51.6. The molecule has 0 aliphatic rings. The van der Waals surface area contributed by atoms with Crippen molar-refractivity contribution in [2.24, 2.45) is 5.10 Å². The zero-order chi connectivity index (χ0) is 25.7. The highest BCUT2D eigenvalue weighted by Gasteiger charge is 2.21. The lowest BCUT2D eigenvalue weighted by molar-refractivity contribution is -0.384. The summed E-state index contributed by atoms with van der Waals surface area (Å²) in [4.78, 5) is 10.6. The van der Waals surface area contributed by atoms with Gasteiger partial charge in [0.05, 0.1) is 23.1 Å². The number of nitrogens with zero attached hydrogens (tertiary/aromatic N) is 2. The van der Waals surface area contributed by atoms with Crippen LogP contribution >= 0.6 is 0 Å². The molecular formula is C24H19FN4O6S. The maximum atomic E-state index is 13.1. The fourth-order valence-electron chi connectivity index (χ4n) is 3.15. The molecule has 0 unspecified atom stereocenters. The van der Waals surface area contributed by atoms with Crippen LogP contribution in [0.25, 0.3) is 11.3 Å². The molecule has 0 spiro atoms. The van der Waals surface area contributed by atoms with Crippen molar-refractivity contribution in [2.75, 3.05) is 17.3 Å². The predicted octanol–water partition coefficient (Wildman–Crippen LogP) is 5.25. The number of anilines is 2. The SMILES string of the molecule is COc1ccc(NS(=O)(=O)c2ccc(NN=Cc3ccc(-c4ccc(F)cc4)o3)c([N+](=O)[O-])c2)cc1. The number of hydrazone groups is 1. The van der Waals surface area contributed by atoms with Crippen LogP contribution in [0.1, 0.15) is 5.76 Å². The number of benzene rings is 3. The van der Waals surface area contributed by atoms with Crippen LogP contribution in [0, 0.1) is 15.9 Å². The lowest BCUT2D eigenvalue weighted by Crippen LogP contribution is -2.13. The van der Waals surface area contributed by atoms with Crippen molar-refractivity contribution in [3.63, 3.8) is 0 Å². The van der Waals surface area contributed by atoms with Gasteiger partial charge in [0, 0.05) is 17.3 Å². The van der Waals surface area contributed by atoms with E-state index in [0.717, 1.165) is 6.07 Å². The van der Waals surface area contributed by atoms with Gasteiger partial charge in [0.2, 0.25) is 0 Å². The van der Waals surface area contributed by atoms with Gasteiger partial charge in [-0.25, -0.2) is 12.8 Å². The third kappa shape index (κ3) is 5.67. The van der Waals surface area contributed by atoms with Gasteiger partial charge in [0.25, 0.3) is 15.7 Å². The molecule has 0 aliphatic carbocycles. The quantitative estimate of drug-likeness (QED) is 0.178. The molecule has 0 amide bonds. The van der Waals surface area contributed by atoms with Crippen molar-refractivity contribution in [1.82, 2.24) is 0 Å². The molecule has 0 fully saturated rings. The molecule has 0 atom stereocenters. The minimum atomic E-state index is -4.10. The summed E-state index contributed by atoms with van der Waals surface area (Å²) in [6, 6.07) is 18.6. The molecule has 1 aromatic heterocycles. The second kappa shape index (κ2) is 10.3. The minimum Gasteiger partial charge on any atom is -0.497 e. The first-order valence-corrected chi connectivity index (χ1v) is 11.8. The number of nitrogens with one attached hydrogen (secondary N) is 2. The van der Waals surface area contributed by atoms with Crippen molar-refractivity contribution < 1.29 is 26.9 Å². The van der Waals surface area contributed by atoms with E-state index in [-0.39, 0.29) is 22.1 Å². The second-order valence-electron chi connectivity index (χ2n) is 7.35. The van der Waals surface area contributed by atoms with Crippen LogP contribution in [0.2, 0.25) is 0 Å². The molecule has 2 N–H and O–H groups in total. The average molecular weight is 511 g/mol. The summed E-state index contributed by atoms with van der Waals surface area (Å²) in [5.74, 6) is 1.01. The number of hydrogen-bond donors (Lipinski definition) is 2. The van der Waals surface area contributed by atoms with Gasteiger partial charge in [-0.2, -0.15) is 5.10 Å². The second-order valence-corrected chi connectivity index (χ2v) is 9.03. The molecule has 3 aromatic carbocycles. The monoisotopic (exact) mass is 510 g/mol. The Morgan fingerprint density at radius 3 is 2.42 bits per heavy atom. The van der Waals surface area contributed by atoms with Crippen LogP contribution < -0.4 is 14.9 Å². The number of nitro benzene ring substituents is 1. The number of rotatable bonds is 9. The van der Waals surface area contributed by atoms with E-state index < -0.39 is 20.6 Å². The molecule has 10 nitrogen and oxygen atoms in total. The maximum Gasteiger partial charge on any atom is 0.295 e. The Morgan fingerprint density at radius 2 is 1.75 bits per heavy atom. The standard InChI is InChI=1S/C24H19FN4O6S/c1-34-19-8-6-18(7-9-19)28-36(32,33)21-11-12-22(23(14-21)29(30)31)27-26-15-20-10-13-24(35-20)16-2-4-17(25)5-3-16/h2-15,27-28H,1H3. The molecule has 0 saturated carbocycles. The third-order valence-corrected chi connectivity index (χ3v) is 6.33. The molecule has 4 aromatic rings. The molecule has 0 bridgehead atoms. The van der Waals surface area contributed by atoms with Crippen molar-refractivity contribution >= 4 is 33.3 Å². The lowest BCUT2D eigenvalue weighted by Gasteiger charge is -2.10. The largest absolute Gasteiger partial charge is 0.497 e. The third-order valence-electron chi connectivity index (χ3n) is 4.95. The van der Waals surface area contributed by atoms with Crippen LogP contribution in [0.4, 0.5) is 21.5 Å². The summed E-state index contributed by atoms with van der Waals surface area (Å²) >= 11 is 0. The van der Waals surface area contributed by atoms with E-state index in [1.54, 1.807) is 36.4 Å². The van der Waals surface area contributed by atoms with Crippen LogP contribution in [0.3, 0.4) is 0 Å². The van der Waals surface area contributed by atoms with E-state index in [4.69, 9.17) is 9.15 Å². The molecule has 0 radical (unpaired) electrons. The lowest BCUT2D eigenvalue weighted by atomic mass is 10.2. The molecule has 12 heteroatoms. The number of sulfonamides is 1. The highest BCUT2D eigenvalue weighted by atomic mass is 32.2. The van der Waals surface area contributed by atoms with Gasteiger partial charge in [-0.05, 0) is 72.8 Å². The van der Waals surface area contributed by atoms with Gasteiger partial charge >= 0.3 is 0 Å². The molecule has 0 saturated heterocycles. The number of halogens is 1. The molecule has 184 valence electrons. The average Bonchev–Trinajstić information content (AvgIpc) is 3.33. The smallest absolute Gasteiger partial charge is 0.295 e. The fraction of sp³-hybridized carbons (Fsp3) is 0.0417. The van der Waals surface area contributed by atoms with Crippen LogP contribution in [-0.2, 0) is 10.0 Å². The summed E-state index contributed by atoms with van der Waals surface area (Å²) in [6.07, 6.45) is 1.30. The van der Waals surface area contributed by atoms with E-state index in [1.807, 2.05) is 0 Å². The zero-order valence-corrected chi connectivity index (χ0v) is 19.5. The predicted molar refractivity (Wildman–Crippen MR) is 132 cm³/mol. The Hall–Kier alpha value is -4.71. The van der Waals surface area contributed by atoms with Crippen LogP contribution in [0.15, 0.2) is 93.3 Å². The summed E-state index contributed by atoms with van der Waals surface area (Å²) in [7, 11) is -2.61. The Balaban J connectivity index is 1.49. The number of nitro groups is 1. The first-order valence-electron chi connectivity index (χ1n) is 10.4. The molecule has 0 aliphatic heterocycles. The Kier molecular flexibility index (Phi) is 6.97.